The number of hydrogen-bond acceptors (Lipinski definition) is 3. The van der Waals surface area contributed by atoms with E-state index in [1.54, 1.807) is 0 Å². The maximum atomic E-state index is 13.0. The number of nitrogens with zero attached hydrogens (tertiary/aromatic N) is 1. The molecule has 0 unspecified atom stereocenters. The molecule has 1 aromatic heterocycles. The van der Waals surface area contributed by atoms with Gasteiger partial charge in [-0.15, -0.1) is 0 Å². The van der Waals surface area contributed by atoms with Gasteiger partial charge in [0.2, 0.25) is 0 Å². The molecule has 0 radical (unpaired) electrons. The van der Waals surface area contributed by atoms with Crippen molar-refractivity contribution in [3.63, 3.8) is 0 Å². The van der Waals surface area contributed by atoms with Crippen LogP contribution in [0.15, 0.2) is 30.5 Å². The van der Waals surface area contributed by atoms with Gasteiger partial charge in [-0.05, 0) is 30.2 Å². The molecule has 21 heavy (non-hydrogen) atoms. The molecule has 2 N–H and O–H groups in total. The van der Waals surface area contributed by atoms with E-state index in [-0.39, 0.29) is 10.6 Å². The van der Waals surface area contributed by atoms with E-state index in [0.717, 1.165) is 6.07 Å². The third-order valence-corrected chi connectivity index (χ3v) is 3.00. The number of carboxylic acids is 1. The van der Waals surface area contributed by atoms with Crippen LogP contribution in [0.3, 0.4) is 0 Å². The summed E-state index contributed by atoms with van der Waals surface area (Å²) < 4.78 is 26.0. The molecule has 1 heterocycles. The van der Waals surface area contributed by atoms with Crippen LogP contribution in [0.2, 0.25) is 5.02 Å². The first-order valence-corrected chi connectivity index (χ1v) is 6.41. The fourth-order valence-electron chi connectivity index (χ4n) is 1.77. The Bertz CT molecular complexity index is 660. The van der Waals surface area contributed by atoms with Crippen LogP contribution in [-0.4, -0.2) is 22.6 Å². The van der Waals surface area contributed by atoms with E-state index in [2.05, 4.69) is 10.3 Å². The zero-order valence-corrected chi connectivity index (χ0v) is 11.5. The van der Waals surface area contributed by atoms with Crippen molar-refractivity contribution in [1.82, 2.24) is 4.98 Å². The van der Waals surface area contributed by atoms with Gasteiger partial charge in [-0.2, -0.15) is 0 Å². The van der Waals surface area contributed by atoms with Crippen LogP contribution in [0, 0.1) is 11.6 Å². The minimum Gasteiger partial charge on any atom is -0.478 e. The first kappa shape index (κ1) is 15.2. The summed E-state index contributed by atoms with van der Waals surface area (Å²) in [5.41, 5.74) is 0.482. The molecule has 0 atom stereocenters. The molecule has 4 nitrogen and oxygen atoms in total. The molecule has 0 amide bonds. The third kappa shape index (κ3) is 4.13. The Labute approximate surface area is 124 Å². The molecule has 7 heteroatoms. The first-order chi connectivity index (χ1) is 9.95. The second kappa shape index (κ2) is 6.49. The van der Waals surface area contributed by atoms with Gasteiger partial charge in [0.05, 0.1) is 10.6 Å². The third-order valence-electron chi connectivity index (χ3n) is 2.72. The Morgan fingerprint density at radius 2 is 1.90 bits per heavy atom. The second-order valence-corrected chi connectivity index (χ2v) is 4.72. The molecule has 0 saturated heterocycles. The summed E-state index contributed by atoms with van der Waals surface area (Å²) in [6.45, 7) is 0.349. The van der Waals surface area contributed by atoms with Crippen LogP contribution < -0.4 is 5.32 Å². The summed E-state index contributed by atoms with van der Waals surface area (Å²) in [5.74, 6) is -2.07. The van der Waals surface area contributed by atoms with Gasteiger partial charge in [0.1, 0.15) is 17.5 Å². The van der Waals surface area contributed by atoms with Crippen LogP contribution >= 0.6 is 11.6 Å². The van der Waals surface area contributed by atoms with E-state index in [1.165, 1.54) is 24.4 Å². The maximum absolute atomic E-state index is 13.0. The smallest absolute Gasteiger partial charge is 0.337 e. The summed E-state index contributed by atoms with van der Waals surface area (Å²) in [6, 6.07) is 4.57. The normalized spacial score (nSPS) is 10.4. The Morgan fingerprint density at radius 3 is 2.48 bits per heavy atom. The Kier molecular flexibility index (Phi) is 4.70. The second-order valence-electron chi connectivity index (χ2n) is 4.31. The number of halogens is 3. The SMILES string of the molecule is O=C(O)c1cnc(NCCc2cc(F)cc(F)c2)c(Cl)c1. The number of nitrogens with one attached hydrogen (secondary N) is 1. The Hall–Kier alpha value is -2.21. The fourth-order valence-corrected chi connectivity index (χ4v) is 2.00. The van der Waals surface area contributed by atoms with E-state index in [0.29, 0.717) is 24.3 Å². The zero-order chi connectivity index (χ0) is 15.4. The van der Waals surface area contributed by atoms with Gasteiger partial charge in [0.15, 0.2) is 0 Å². The molecule has 0 aliphatic rings. The lowest BCUT2D eigenvalue weighted by Gasteiger charge is -2.08. The molecule has 0 fully saturated rings. The van der Waals surface area contributed by atoms with Crippen LogP contribution in [-0.2, 0) is 6.42 Å². The summed E-state index contributed by atoms with van der Waals surface area (Å²) in [7, 11) is 0. The predicted octanol–water partition coefficient (Wildman–Crippen LogP) is 3.37. The van der Waals surface area contributed by atoms with E-state index < -0.39 is 17.6 Å². The van der Waals surface area contributed by atoms with Crippen molar-refractivity contribution in [2.75, 3.05) is 11.9 Å². The highest BCUT2D eigenvalue weighted by atomic mass is 35.5. The van der Waals surface area contributed by atoms with Gasteiger partial charge < -0.3 is 10.4 Å². The van der Waals surface area contributed by atoms with Crippen molar-refractivity contribution in [3.05, 3.63) is 58.2 Å². The van der Waals surface area contributed by atoms with E-state index >= 15 is 0 Å². The zero-order valence-electron chi connectivity index (χ0n) is 10.7. The lowest BCUT2D eigenvalue weighted by atomic mass is 10.1. The minimum atomic E-state index is -1.12. The van der Waals surface area contributed by atoms with E-state index in [4.69, 9.17) is 16.7 Å². The van der Waals surface area contributed by atoms with Crippen molar-refractivity contribution in [2.24, 2.45) is 0 Å². The van der Waals surface area contributed by atoms with Crippen molar-refractivity contribution in [3.8, 4) is 0 Å². The molecule has 2 aromatic rings. The lowest BCUT2D eigenvalue weighted by molar-refractivity contribution is 0.0696. The van der Waals surface area contributed by atoms with Gasteiger partial charge in [-0.25, -0.2) is 18.6 Å². The molecule has 0 bridgehead atoms. The summed E-state index contributed by atoms with van der Waals surface area (Å²) >= 11 is 5.90. The van der Waals surface area contributed by atoms with Gasteiger partial charge in [-0.1, -0.05) is 11.6 Å². The number of aromatic carboxylic acids is 1. The highest BCUT2D eigenvalue weighted by Gasteiger charge is 2.08. The van der Waals surface area contributed by atoms with Crippen molar-refractivity contribution >= 4 is 23.4 Å². The highest BCUT2D eigenvalue weighted by Crippen LogP contribution is 2.20. The number of pyridine rings is 1. The number of carboxylic acid groups (broad SMARTS) is 1. The van der Waals surface area contributed by atoms with E-state index in [9.17, 15) is 13.6 Å². The fraction of sp³-hybridized carbons (Fsp3) is 0.143. The van der Waals surface area contributed by atoms with E-state index in [1.807, 2.05) is 0 Å². The number of rotatable bonds is 5. The first-order valence-electron chi connectivity index (χ1n) is 6.03. The number of carbonyl (C=O) groups is 1. The number of anilines is 1. The van der Waals surface area contributed by atoms with Crippen LogP contribution in [0.1, 0.15) is 15.9 Å². The monoisotopic (exact) mass is 312 g/mol. The van der Waals surface area contributed by atoms with Crippen molar-refractivity contribution in [2.45, 2.75) is 6.42 Å². The van der Waals surface area contributed by atoms with Gasteiger partial charge in [0, 0.05) is 18.8 Å². The largest absolute Gasteiger partial charge is 0.478 e. The minimum absolute atomic E-state index is 0.0160. The molecular formula is C14H11ClF2N2O2. The van der Waals surface area contributed by atoms with Crippen molar-refractivity contribution in [1.29, 1.82) is 0 Å². The number of aromatic nitrogens is 1. The predicted molar refractivity (Wildman–Crippen MR) is 74.8 cm³/mol. The summed E-state index contributed by atoms with van der Waals surface area (Å²) in [4.78, 5) is 14.6. The molecule has 0 spiro atoms. The van der Waals surface area contributed by atoms with Crippen LogP contribution in [0.5, 0.6) is 0 Å². The quantitative estimate of drug-likeness (QED) is 0.888. The Morgan fingerprint density at radius 1 is 1.24 bits per heavy atom. The standard InChI is InChI=1S/C14H11ClF2N2O2/c15-12-5-9(14(20)21)7-19-13(12)18-2-1-8-3-10(16)6-11(17)4-8/h3-7H,1-2H2,(H,18,19)(H,20,21). The lowest BCUT2D eigenvalue weighted by Crippen LogP contribution is -2.08. The van der Waals surface area contributed by atoms with Crippen molar-refractivity contribution < 1.29 is 18.7 Å². The maximum Gasteiger partial charge on any atom is 0.337 e. The highest BCUT2D eigenvalue weighted by molar-refractivity contribution is 6.33. The number of benzene rings is 1. The topological polar surface area (TPSA) is 62.2 Å². The van der Waals surface area contributed by atoms with Crippen LogP contribution in [0.25, 0.3) is 0 Å². The van der Waals surface area contributed by atoms with Crippen LogP contribution in [0.4, 0.5) is 14.6 Å². The molecule has 110 valence electrons. The number of hydrogen-bond donors (Lipinski definition) is 2. The van der Waals surface area contributed by atoms with Gasteiger partial charge >= 0.3 is 5.97 Å². The summed E-state index contributed by atoms with van der Waals surface area (Å²) in [5, 5.41) is 11.8. The summed E-state index contributed by atoms with van der Waals surface area (Å²) in [6.07, 6.45) is 1.55. The van der Waals surface area contributed by atoms with Gasteiger partial charge in [0.25, 0.3) is 0 Å². The molecule has 0 aliphatic heterocycles. The average molecular weight is 313 g/mol. The molecule has 2 rings (SSSR count). The molecular weight excluding hydrogens is 302 g/mol. The average Bonchev–Trinajstić information content (AvgIpc) is 2.39. The van der Waals surface area contributed by atoms with Gasteiger partial charge in [-0.3, -0.25) is 0 Å². The molecule has 0 saturated carbocycles. The molecule has 1 aromatic carbocycles. The Balaban J connectivity index is 1.98. The molecule has 0 aliphatic carbocycles.